The molecule has 0 saturated carbocycles. The minimum absolute atomic E-state index is 0.0641. The molecule has 0 unspecified atom stereocenters. The number of rotatable bonds is 48. The van der Waals surface area contributed by atoms with E-state index in [2.05, 4.69) is 34.6 Å². The van der Waals surface area contributed by atoms with Gasteiger partial charge in [-0.05, 0) is 31.1 Å². The minimum atomic E-state index is -0.762. The average molecular weight is 849 g/mol. The van der Waals surface area contributed by atoms with Gasteiger partial charge in [-0.3, -0.25) is 14.4 Å². The van der Waals surface area contributed by atoms with Gasteiger partial charge < -0.3 is 14.2 Å². The van der Waals surface area contributed by atoms with Crippen molar-refractivity contribution in [1.29, 1.82) is 0 Å². The first kappa shape index (κ1) is 58.4. The topological polar surface area (TPSA) is 78.9 Å². The summed E-state index contributed by atoms with van der Waals surface area (Å²) >= 11 is 0. The maximum atomic E-state index is 12.8. The van der Waals surface area contributed by atoms with Gasteiger partial charge in [-0.15, -0.1) is 0 Å². The van der Waals surface area contributed by atoms with Crippen LogP contribution in [0.2, 0.25) is 0 Å². The predicted molar refractivity (Wildman–Crippen MR) is 256 cm³/mol. The van der Waals surface area contributed by atoms with Gasteiger partial charge in [-0.1, -0.05) is 259 Å². The molecule has 0 radical (unpaired) electrons. The molecule has 0 aromatic heterocycles. The van der Waals surface area contributed by atoms with Crippen LogP contribution in [-0.4, -0.2) is 37.2 Å². The second-order valence-corrected chi connectivity index (χ2v) is 19.5. The van der Waals surface area contributed by atoms with Crippen LogP contribution in [0.1, 0.15) is 298 Å². The molecular weight excluding hydrogens is 745 g/mol. The third kappa shape index (κ3) is 47.5. The largest absolute Gasteiger partial charge is 0.462 e. The van der Waals surface area contributed by atoms with Crippen LogP contribution in [0, 0.1) is 11.8 Å². The number of carbonyl (C=O) groups excluding carboxylic acids is 3. The molecule has 6 nitrogen and oxygen atoms in total. The Morgan fingerprint density at radius 2 is 0.550 bits per heavy atom. The highest BCUT2D eigenvalue weighted by Crippen LogP contribution is 2.18. The monoisotopic (exact) mass is 849 g/mol. The molecule has 0 amide bonds. The number of esters is 3. The fraction of sp³-hybridized carbons (Fsp3) is 0.944. The van der Waals surface area contributed by atoms with Crippen molar-refractivity contribution in [2.75, 3.05) is 13.2 Å². The normalized spacial score (nSPS) is 12.1. The molecule has 0 rings (SSSR count). The van der Waals surface area contributed by atoms with Crippen LogP contribution < -0.4 is 0 Å². The number of hydrogen-bond donors (Lipinski definition) is 0. The quantitative estimate of drug-likeness (QED) is 0.0345. The van der Waals surface area contributed by atoms with Crippen molar-refractivity contribution in [2.24, 2.45) is 11.8 Å². The lowest BCUT2D eigenvalue weighted by molar-refractivity contribution is -0.167. The molecular formula is C54H104O6. The molecule has 0 fully saturated rings. The Balaban J connectivity index is 4.22. The lowest BCUT2D eigenvalue weighted by atomic mass is 10.0. The second kappa shape index (κ2) is 46.9. The highest BCUT2D eigenvalue weighted by molar-refractivity contribution is 5.71. The molecule has 60 heavy (non-hydrogen) atoms. The molecule has 0 aromatic rings. The fourth-order valence-electron chi connectivity index (χ4n) is 8.17. The third-order valence-corrected chi connectivity index (χ3v) is 12.2. The van der Waals surface area contributed by atoms with Gasteiger partial charge in [-0.25, -0.2) is 0 Å². The molecule has 0 saturated heterocycles. The minimum Gasteiger partial charge on any atom is -0.462 e. The van der Waals surface area contributed by atoms with Crippen LogP contribution in [0.25, 0.3) is 0 Å². The molecule has 0 spiro atoms. The van der Waals surface area contributed by atoms with E-state index >= 15 is 0 Å². The summed E-state index contributed by atoms with van der Waals surface area (Å²) in [5, 5.41) is 0. The SMILES string of the molecule is CCCCCCCCCCCCCCCCC(=O)O[C@@H](COC(=O)CCCCCCCCCCCCCCCCCCC(C)C)COC(=O)CCCCCCCCC(C)C. The van der Waals surface area contributed by atoms with E-state index in [1.807, 2.05) is 0 Å². The highest BCUT2D eigenvalue weighted by atomic mass is 16.6. The summed E-state index contributed by atoms with van der Waals surface area (Å²) in [6.07, 6.45) is 48.2. The van der Waals surface area contributed by atoms with E-state index in [1.165, 1.54) is 186 Å². The number of carbonyl (C=O) groups is 3. The van der Waals surface area contributed by atoms with Crippen LogP contribution in [0.4, 0.5) is 0 Å². The zero-order chi connectivity index (χ0) is 44.0. The Bertz CT molecular complexity index is 916. The summed E-state index contributed by atoms with van der Waals surface area (Å²) in [4.78, 5) is 37.9. The molecule has 0 aliphatic rings. The van der Waals surface area contributed by atoms with E-state index in [-0.39, 0.29) is 31.1 Å². The first-order chi connectivity index (χ1) is 29.2. The Labute approximate surface area is 374 Å². The summed E-state index contributed by atoms with van der Waals surface area (Å²) in [5.74, 6) is 0.766. The van der Waals surface area contributed by atoms with E-state index < -0.39 is 6.10 Å². The summed E-state index contributed by atoms with van der Waals surface area (Å²) < 4.78 is 16.8. The van der Waals surface area contributed by atoms with Crippen molar-refractivity contribution in [1.82, 2.24) is 0 Å². The van der Waals surface area contributed by atoms with Crippen molar-refractivity contribution in [3.8, 4) is 0 Å². The van der Waals surface area contributed by atoms with Gasteiger partial charge >= 0.3 is 17.9 Å². The van der Waals surface area contributed by atoms with Crippen LogP contribution in [0.15, 0.2) is 0 Å². The Kier molecular flexibility index (Phi) is 45.7. The smallest absolute Gasteiger partial charge is 0.306 e. The lowest BCUT2D eigenvalue weighted by Gasteiger charge is -2.18. The van der Waals surface area contributed by atoms with E-state index in [9.17, 15) is 14.4 Å². The van der Waals surface area contributed by atoms with Crippen molar-refractivity contribution in [3.63, 3.8) is 0 Å². The first-order valence-electron chi connectivity index (χ1n) is 26.7. The van der Waals surface area contributed by atoms with Crippen LogP contribution in [0.5, 0.6) is 0 Å². The van der Waals surface area contributed by atoms with Gasteiger partial charge in [0.05, 0.1) is 0 Å². The molecule has 0 aliphatic carbocycles. The summed E-state index contributed by atoms with van der Waals surface area (Å²) in [5.41, 5.74) is 0. The highest BCUT2D eigenvalue weighted by Gasteiger charge is 2.19. The molecule has 0 heterocycles. The van der Waals surface area contributed by atoms with Crippen LogP contribution in [-0.2, 0) is 28.6 Å². The molecule has 1 atom stereocenters. The molecule has 0 N–H and O–H groups in total. The fourth-order valence-corrected chi connectivity index (χ4v) is 8.17. The Morgan fingerprint density at radius 3 is 0.817 bits per heavy atom. The van der Waals surface area contributed by atoms with Gasteiger partial charge in [0.25, 0.3) is 0 Å². The first-order valence-corrected chi connectivity index (χ1v) is 26.7. The van der Waals surface area contributed by atoms with E-state index in [4.69, 9.17) is 14.2 Å². The predicted octanol–water partition coefficient (Wildman–Crippen LogP) is 17.3. The van der Waals surface area contributed by atoms with Gasteiger partial charge in [0.2, 0.25) is 0 Å². The van der Waals surface area contributed by atoms with Gasteiger partial charge in [0, 0.05) is 19.3 Å². The van der Waals surface area contributed by atoms with E-state index in [1.54, 1.807) is 0 Å². The third-order valence-electron chi connectivity index (χ3n) is 12.2. The van der Waals surface area contributed by atoms with Crippen molar-refractivity contribution >= 4 is 17.9 Å². The summed E-state index contributed by atoms with van der Waals surface area (Å²) in [6, 6.07) is 0. The molecule has 0 aromatic carbocycles. The summed E-state index contributed by atoms with van der Waals surface area (Å²) in [6.45, 7) is 11.3. The van der Waals surface area contributed by atoms with Crippen molar-refractivity contribution in [3.05, 3.63) is 0 Å². The lowest BCUT2D eigenvalue weighted by Crippen LogP contribution is -2.30. The summed E-state index contributed by atoms with van der Waals surface area (Å²) in [7, 11) is 0. The Morgan fingerprint density at radius 1 is 0.317 bits per heavy atom. The average Bonchev–Trinajstić information content (AvgIpc) is 3.22. The van der Waals surface area contributed by atoms with Crippen molar-refractivity contribution in [2.45, 2.75) is 304 Å². The van der Waals surface area contributed by atoms with E-state index in [0.29, 0.717) is 19.3 Å². The van der Waals surface area contributed by atoms with Gasteiger partial charge in [0.1, 0.15) is 13.2 Å². The maximum Gasteiger partial charge on any atom is 0.306 e. The number of unbranched alkanes of at least 4 members (excludes halogenated alkanes) is 33. The van der Waals surface area contributed by atoms with Crippen LogP contribution in [0.3, 0.4) is 0 Å². The molecule has 0 aliphatic heterocycles. The zero-order valence-electron chi connectivity index (χ0n) is 41.1. The van der Waals surface area contributed by atoms with Crippen LogP contribution >= 0.6 is 0 Å². The molecule has 356 valence electrons. The molecule has 6 heteroatoms. The maximum absolute atomic E-state index is 12.8. The number of hydrogen-bond acceptors (Lipinski definition) is 6. The standard InChI is InChI=1S/C54H104O6/c1-6-7-8-9-10-11-12-13-19-23-26-29-36-41-46-54(57)60-51(48-59-53(56)45-40-35-31-30-33-38-43-50(4)5)47-58-52(55)44-39-34-28-25-22-20-17-15-14-16-18-21-24-27-32-37-42-49(2)3/h49-51H,6-48H2,1-5H3/t51-/m0/s1. The van der Waals surface area contributed by atoms with Gasteiger partial charge in [-0.2, -0.15) is 0 Å². The van der Waals surface area contributed by atoms with Crippen molar-refractivity contribution < 1.29 is 28.6 Å². The number of ether oxygens (including phenoxy) is 3. The van der Waals surface area contributed by atoms with E-state index in [0.717, 1.165) is 69.6 Å². The van der Waals surface area contributed by atoms with Gasteiger partial charge in [0.15, 0.2) is 6.10 Å². The Hall–Kier alpha value is -1.59. The second-order valence-electron chi connectivity index (χ2n) is 19.5. The molecule has 0 bridgehead atoms. The zero-order valence-corrected chi connectivity index (χ0v) is 41.1.